The van der Waals surface area contributed by atoms with Gasteiger partial charge in [0.15, 0.2) is 0 Å². The van der Waals surface area contributed by atoms with Crippen molar-refractivity contribution < 1.29 is 9.53 Å². The lowest BCUT2D eigenvalue weighted by molar-refractivity contribution is 0.243. The molecule has 0 bridgehead atoms. The van der Waals surface area contributed by atoms with E-state index in [0.717, 1.165) is 35.2 Å². The van der Waals surface area contributed by atoms with E-state index >= 15 is 0 Å². The van der Waals surface area contributed by atoms with E-state index in [1.165, 1.54) is 0 Å². The molecule has 0 saturated carbocycles. The Hall–Kier alpha value is -3.78. The van der Waals surface area contributed by atoms with E-state index < -0.39 is 0 Å². The highest BCUT2D eigenvalue weighted by Crippen LogP contribution is 2.33. The molecule has 174 valence electrons. The number of methoxy groups -OCH3 is 1. The van der Waals surface area contributed by atoms with Crippen LogP contribution in [-0.2, 0) is 0 Å². The summed E-state index contributed by atoms with van der Waals surface area (Å²) in [5.74, 6) is 0.678. The summed E-state index contributed by atoms with van der Waals surface area (Å²) < 4.78 is 5.28. The number of pyridine rings is 1. The molecule has 8 nitrogen and oxygen atoms in total. The molecule has 4 aromatic rings. The minimum absolute atomic E-state index is 0.0196. The first-order chi connectivity index (χ1) is 16.6. The third-order valence-electron chi connectivity index (χ3n) is 6.20. The molecule has 1 aliphatic rings. The number of carbonyl (C=O) groups excluding carboxylic acids is 1. The fourth-order valence-electron chi connectivity index (χ4n) is 4.46. The topological polar surface area (TPSA) is 95.2 Å². The van der Waals surface area contributed by atoms with Gasteiger partial charge in [0.05, 0.1) is 30.7 Å². The number of hydrogen-bond donors (Lipinski definition) is 3. The number of urea groups is 1. The highest BCUT2D eigenvalue weighted by atomic mass is 35.5. The van der Waals surface area contributed by atoms with Gasteiger partial charge in [0, 0.05) is 46.8 Å². The number of nitrogens with zero attached hydrogens (tertiary/aromatic N) is 3. The van der Waals surface area contributed by atoms with Gasteiger partial charge >= 0.3 is 6.03 Å². The summed E-state index contributed by atoms with van der Waals surface area (Å²) in [6.45, 7) is 1.49. The van der Waals surface area contributed by atoms with Crippen molar-refractivity contribution >= 4 is 39.9 Å². The number of halogens is 1. The van der Waals surface area contributed by atoms with Gasteiger partial charge in [-0.25, -0.2) is 4.79 Å². The van der Waals surface area contributed by atoms with Gasteiger partial charge in [-0.2, -0.15) is 5.10 Å². The second-order valence-corrected chi connectivity index (χ2v) is 8.72. The third-order valence-corrected chi connectivity index (χ3v) is 6.45. The highest BCUT2D eigenvalue weighted by molar-refractivity contribution is 6.30. The van der Waals surface area contributed by atoms with Crippen molar-refractivity contribution in [1.29, 1.82) is 0 Å². The number of fused-ring (bicyclic) bond motifs is 1. The summed E-state index contributed by atoms with van der Waals surface area (Å²) in [5.41, 5.74) is 3.69. The van der Waals surface area contributed by atoms with Crippen molar-refractivity contribution in [3.05, 3.63) is 77.7 Å². The molecule has 3 heterocycles. The number of H-pyrrole nitrogens is 1. The van der Waals surface area contributed by atoms with Crippen molar-refractivity contribution in [2.24, 2.45) is 0 Å². The maximum atomic E-state index is 12.8. The molecule has 0 radical (unpaired) electrons. The minimum Gasteiger partial charge on any atom is -0.495 e. The Morgan fingerprint density at radius 2 is 2.00 bits per heavy atom. The molecule has 2 aromatic heterocycles. The fraction of sp³-hybridized carbons (Fsp3) is 0.240. The molecule has 1 aliphatic heterocycles. The Kier molecular flexibility index (Phi) is 6.22. The predicted octanol–water partition coefficient (Wildman–Crippen LogP) is 4.80. The van der Waals surface area contributed by atoms with Crippen LogP contribution in [0.2, 0.25) is 5.02 Å². The van der Waals surface area contributed by atoms with Gasteiger partial charge in [-0.1, -0.05) is 23.7 Å². The van der Waals surface area contributed by atoms with Crippen molar-refractivity contribution in [1.82, 2.24) is 20.5 Å². The summed E-state index contributed by atoms with van der Waals surface area (Å²) in [4.78, 5) is 19.8. The Balaban J connectivity index is 1.38. The van der Waals surface area contributed by atoms with Crippen LogP contribution in [0.25, 0.3) is 10.9 Å². The number of rotatable bonds is 5. The Bertz CT molecular complexity index is 1270. The van der Waals surface area contributed by atoms with Gasteiger partial charge in [0.1, 0.15) is 5.75 Å². The standard InChI is InChI=1S/C25H25ClN6O2/c1-34-19-9-10-21(27-14-19)20-15-32(23-4-2-3-16-13-28-31-24(16)23)12-11-22(20)30-25(33)29-18-7-5-17(26)6-8-18/h2-10,13-14,20,22H,11-12,15H2,1H3,(H,28,31)(H2,29,30,33)/t20-,22+/m0/s1. The number of anilines is 2. The first-order valence-corrected chi connectivity index (χ1v) is 11.5. The second-order valence-electron chi connectivity index (χ2n) is 8.29. The number of para-hydroxylation sites is 1. The second kappa shape index (κ2) is 9.61. The summed E-state index contributed by atoms with van der Waals surface area (Å²) in [5, 5.41) is 15.1. The average molecular weight is 477 g/mol. The van der Waals surface area contributed by atoms with E-state index in [9.17, 15) is 4.79 Å². The SMILES string of the molecule is COc1ccc([C@@H]2CN(c3cccc4cn[nH]c34)CC[C@H]2NC(=O)Nc2ccc(Cl)cc2)nc1. The molecular formula is C25H25ClN6O2. The minimum atomic E-state index is -0.255. The van der Waals surface area contributed by atoms with E-state index in [1.807, 2.05) is 30.5 Å². The van der Waals surface area contributed by atoms with Crippen LogP contribution in [0.4, 0.5) is 16.2 Å². The Morgan fingerprint density at radius 1 is 1.15 bits per heavy atom. The largest absolute Gasteiger partial charge is 0.495 e. The average Bonchev–Trinajstić information content (AvgIpc) is 3.35. The summed E-state index contributed by atoms with van der Waals surface area (Å²) in [6.07, 6.45) is 4.31. The molecule has 2 aromatic carbocycles. The van der Waals surface area contributed by atoms with Crippen LogP contribution in [0.5, 0.6) is 5.75 Å². The van der Waals surface area contributed by atoms with E-state index in [4.69, 9.17) is 16.3 Å². The van der Waals surface area contributed by atoms with Crippen molar-refractivity contribution in [2.45, 2.75) is 18.4 Å². The maximum Gasteiger partial charge on any atom is 0.319 e. The number of benzene rings is 2. The highest BCUT2D eigenvalue weighted by Gasteiger charge is 2.33. The zero-order valence-corrected chi connectivity index (χ0v) is 19.4. The molecule has 2 atom stereocenters. The number of aromatic nitrogens is 3. The lowest BCUT2D eigenvalue weighted by atomic mass is 9.88. The van der Waals surface area contributed by atoms with Crippen LogP contribution < -0.4 is 20.3 Å². The van der Waals surface area contributed by atoms with Gasteiger partial charge < -0.3 is 20.3 Å². The lowest BCUT2D eigenvalue weighted by Crippen LogP contribution is -2.51. The fourth-order valence-corrected chi connectivity index (χ4v) is 4.59. The van der Waals surface area contributed by atoms with Crippen LogP contribution in [0.1, 0.15) is 18.0 Å². The van der Waals surface area contributed by atoms with Crippen LogP contribution in [0, 0.1) is 0 Å². The van der Waals surface area contributed by atoms with Gasteiger partial charge in [-0.05, 0) is 48.9 Å². The Morgan fingerprint density at radius 3 is 2.76 bits per heavy atom. The summed E-state index contributed by atoms with van der Waals surface area (Å²) >= 11 is 5.95. The molecule has 0 aliphatic carbocycles. The van der Waals surface area contributed by atoms with Crippen LogP contribution in [0.3, 0.4) is 0 Å². The van der Waals surface area contributed by atoms with E-state index in [0.29, 0.717) is 23.0 Å². The van der Waals surface area contributed by atoms with E-state index in [1.54, 1.807) is 37.6 Å². The first kappa shape index (κ1) is 22.0. The van der Waals surface area contributed by atoms with Crippen LogP contribution in [0.15, 0.2) is 67.0 Å². The van der Waals surface area contributed by atoms with Gasteiger partial charge in [-0.3, -0.25) is 10.1 Å². The number of ether oxygens (including phenoxy) is 1. The zero-order valence-electron chi connectivity index (χ0n) is 18.7. The number of nitrogens with one attached hydrogen (secondary N) is 3. The molecule has 1 fully saturated rings. The number of carbonyl (C=O) groups is 1. The van der Waals surface area contributed by atoms with Gasteiger partial charge in [0.25, 0.3) is 0 Å². The zero-order chi connectivity index (χ0) is 23.5. The van der Waals surface area contributed by atoms with Crippen LogP contribution in [-0.4, -0.2) is 47.5 Å². The van der Waals surface area contributed by atoms with Gasteiger partial charge in [-0.15, -0.1) is 0 Å². The molecule has 34 heavy (non-hydrogen) atoms. The molecule has 3 N–H and O–H groups in total. The number of hydrogen-bond acceptors (Lipinski definition) is 5. The quantitative estimate of drug-likeness (QED) is 0.384. The normalized spacial score (nSPS) is 18.0. The number of aromatic amines is 1. The van der Waals surface area contributed by atoms with E-state index in [-0.39, 0.29) is 18.0 Å². The smallest absolute Gasteiger partial charge is 0.319 e. The monoisotopic (exact) mass is 476 g/mol. The third kappa shape index (κ3) is 4.63. The van der Waals surface area contributed by atoms with E-state index in [2.05, 4.69) is 36.8 Å². The summed E-state index contributed by atoms with van der Waals surface area (Å²) in [6, 6.07) is 16.7. The van der Waals surface area contributed by atoms with Crippen molar-refractivity contribution in [2.75, 3.05) is 30.4 Å². The molecule has 0 spiro atoms. The molecule has 5 rings (SSSR count). The van der Waals surface area contributed by atoms with Crippen molar-refractivity contribution in [3.63, 3.8) is 0 Å². The predicted molar refractivity (Wildman–Crippen MR) is 134 cm³/mol. The van der Waals surface area contributed by atoms with Crippen LogP contribution >= 0.6 is 11.6 Å². The molecule has 9 heteroatoms. The molecule has 0 unspecified atom stereocenters. The number of piperidine rings is 1. The lowest BCUT2D eigenvalue weighted by Gasteiger charge is -2.40. The Labute approximate surface area is 202 Å². The van der Waals surface area contributed by atoms with Crippen molar-refractivity contribution in [3.8, 4) is 5.75 Å². The molecule has 2 amide bonds. The molecule has 1 saturated heterocycles. The van der Waals surface area contributed by atoms with Gasteiger partial charge in [0.2, 0.25) is 0 Å². The maximum absolute atomic E-state index is 12.8. The summed E-state index contributed by atoms with van der Waals surface area (Å²) in [7, 11) is 1.62. The first-order valence-electron chi connectivity index (χ1n) is 11.1. The molecular weight excluding hydrogens is 452 g/mol. The number of amides is 2.